The van der Waals surface area contributed by atoms with Crippen LogP contribution in [-0.4, -0.2) is 17.1 Å². The highest BCUT2D eigenvalue weighted by Gasteiger charge is 2.43. The van der Waals surface area contributed by atoms with Crippen molar-refractivity contribution < 1.29 is 27.5 Å². The van der Waals surface area contributed by atoms with Gasteiger partial charge in [-0.15, -0.1) is 0 Å². The van der Waals surface area contributed by atoms with E-state index < -0.39 is 28.9 Å². The summed E-state index contributed by atoms with van der Waals surface area (Å²) in [4.78, 5) is 28.8. The number of hydrogen-bond donors (Lipinski definition) is 1. The van der Waals surface area contributed by atoms with Crippen LogP contribution in [0.4, 0.5) is 35.9 Å². The van der Waals surface area contributed by atoms with Gasteiger partial charge in [0.25, 0.3) is 5.78 Å². The first-order chi connectivity index (χ1) is 16.6. The van der Waals surface area contributed by atoms with Gasteiger partial charge in [0.15, 0.2) is 11.3 Å². The second kappa shape index (κ2) is 8.69. The molecule has 0 aliphatic carbocycles. The largest absolute Gasteiger partial charge is 0.506 e. The molecule has 4 rings (SSSR count). The van der Waals surface area contributed by atoms with Gasteiger partial charge in [-0.05, 0) is 48.5 Å². The fraction of sp³-hybridized carbons (Fsp3) is 0.0400. The molecule has 0 unspecified atom stereocenters. The summed E-state index contributed by atoms with van der Waals surface area (Å²) in [5.41, 5.74) is -1.02. The Labute approximate surface area is 195 Å². The molecule has 0 saturated carbocycles. The normalized spacial score (nSPS) is 11.0. The lowest BCUT2D eigenvalue weighted by atomic mass is 10.1. The van der Waals surface area contributed by atoms with Crippen LogP contribution in [0, 0.1) is 17.9 Å². The van der Waals surface area contributed by atoms with Gasteiger partial charge in [0.2, 0.25) is 0 Å². The summed E-state index contributed by atoms with van der Waals surface area (Å²) < 4.78 is 43.6. The smallest absolute Gasteiger partial charge is 0.455 e. The van der Waals surface area contributed by atoms with Gasteiger partial charge >= 0.3 is 11.8 Å². The average molecular weight is 475 g/mol. The SMILES string of the molecule is [C-]#[N+]c1ccc(N(c2ccc(C#N)cc2)c2ccc3c(O)c(C(=O)C(F)(F)F)c(=O)oc3c2)cc1. The number of carbonyl (C=O) groups excluding carboxylic acids is 1. The molecule has 35 heavy (non-hydrogen) atoms. The zero-order valence-corrected chi connectivity index (χ0v) is 17.5. The first-order valence-electron chi connectivity index (χ1n) is 9.83. The molecular formula is C25H12F3N3O4. The van der Waals surface area contributed by atoms with Crippen molar-refractivity contribution in [1.29, 1.82) is 5.26 Å². The minimum Gasteiger partial charge on any atom is -0.506 e. The van der Waals surface area contributed by atoms with Crippen molar-refractivity contribution in [3.05, 3.63) is 99.7 Å². The molecule has 0 atom stereocenters. The number of rotatable bonds is 4. The van der Waals surface area contributed by atoms with E-state index >= 15 is 0 Å². The highest BCUT2D eigenvalue weighted by Crippen LogP contribution is 2.39. The Balaban J connectivity index is 1.90. The Morgan fingerprint density at radius 1 is 1.00 bits per heavy atom. The van der Waals surface area contributed by atoms with E-state index in [1.807, 2.05) is 6.07 Å². The molecule has 0 aliphatic rings. The molecule has 3 aromatic carbocycles. The van der Waals surface area contributed by atoms with Crippen molar-refractivity contribution in [2.45, 2.75) is 6.18 Å². The molecule has 172 valence electrons. The molecule has 1 aromatic heterocycles. The van der Waals surface area contributed by atoms with Gasteiger partial charge in [-0.25, -0.2) is 9.64 Å². The van der Waals surface area contributed by atoms with E-state index in [-0.39, 0.29) is 11.0 Å². The summed E-state index contributed by atoms with van der Waals surface area (Å²) in [5, 5.41) is 19.1. The van der Waals surface area contributed by atoms with Crippen molar-refractivity contribution in [3.63, 3.8) is 0 Å². The van der Waals surface area contributed by atoms with Gasteiger partial charge < -0.3 is 14.4 Å². The van der Waals surface area contributed by atoms with Crippen LogP contribution in [0.3, 0.4) is 0 Å². The summed E-state index contributed by atoms with van der Waals surface area (Å²) in [6, 6.07) is 19.0. The number of benzene rings is 3. The highest BCUT2D eigenvalue weighted by atomic mass is 19.4. The number of aromatic hydroxyl groups is 1. The molecule has 0 saturated heterocycles. The van der Waals surface area contributed by atoms with E-state index in [1.165, 1.54) is 18.2 Å². The number of ketones is 1. The first-order valence-corrected chi connectivity index (χ1v) is 9.83. The molecule has 0 aliphatic heterocycles. The summed E-state index contributed by atoms with van der Waals surface area (Å²) in [5.74, 6) is -3.63. The molecule has 0 bridgehead atoms. The molecule has 7 nitrogen and oxygen atoms in total. The molecule has 0 amide bonds. The summed E-state index contributed by atoms with van der Waals surface area (Å²) in [6.07, 6.45) is -5.37. The maximum atomic E-state index is 12.9. The maximum Gasteiger partial charge on any atom is 0.455 e. The zero-order valence-electron chi connectivity index (χ0n) is 17.5. The van der Waals surface area contributed by atoms with E-state index in [2.05, 4.69) is 4.85 Å². The second-order valence-electron chi connectivity index (χ2n) is 7.24. The van der Waals surface area contributed by atoms with E-state index in [1.54, 1.807) is 53.4 Å². The second-order valence-corrected chi connectivity index (χ2v) is 7.24. The fourth-order valence-corrected chi connectivity index (χ4v) is 3.46. The van der Waals surface area contributed by atoms with Gasteiger partial charge in [0, 0.05) is 23.1 Å². The summed E-state index contributed by atoms with van der Waals surface area (Å²) >= 11 is 0. The number of nitriles is 1. The van der Waals surface area contributed by atoms with Crippen LogP contribution < -0.4 is 10.5 Å². The predicted octanol–water partition coefficient (Wildman–Crippen LogP) is 6.14. The first kappa shape index (κ1) is 23.1. The maximum absolute atomic E-state index is 12.9. The van der Waals surface area contributed by atoms with Crippen LogP contribution in [0.25, 0.3) is 15.8 Å². The fourth-order valence-electron chi connectivity index (χ4n) is 3.46. The third-order valence-electron chi connectivity index (χ3n) is 5.10. The molecule has 0 fully saturated rings. The molecule has 0 radical (unpaired) electrons. The number of alkyl halides is 3. The lowest BCUT2D eigenvalue weighted by Crippen LogP contribution is -2.28. The molecule has 0 spiro atoms. The minimum absolute atomic E-state index is 0.250. The molecule has 4 aromatic rings. The zero-order chi connectivity index (χ0) is 25.3. The van der Waals surface area contributed by atoms with Gasteiger partial charge in [-0.2, -0.15) is 18.4 Å². The van der Waals surface area contributed by atoms with Crippen molar-refractivity contribution in [1.82, 2.24) is 0 Å². The number of hydrogen-bond acceptors (Lipinski definition) is 6. The third-order valence-corrected chi connectivity index (χ3v) is 5.10. The number of nitrogens with zero attached hydrogens (tertiary/aromatic N) is 3. The van der Waals surface area contributed by atoms with Gasteiger partial charge in [0.1, 0.15) is 11.3 Å². The van der Waals surface area contributed by atoms with Crippen LogP contribution in [0.2, 0.25) is 0 Å². The number of anilines is 3. The Morgan fingerprint density at radius 3 is 2.11 bits per heavy atom. The third kappa shape index (κ3) is 4.28. The number of carbonyl (C=O) groups is 1. The minimum atomic E-state index is -5.37. The number of halogens is 3. The molecular weight excluding hydrogens is 463 g/mol. The van der Waals surface area contributed by atoms with E-state index in [4.69, 9.17) is 16.3 Å². The van der Waals surface area contributed by atoms with Crippen molar-refractivity contribution in [3.8, 4) is 11.8 Å². The van der Waals surface area contributed by atoms with E-state index in [0.717, 1.165) is 0 Å². The Bertz CT molecular complexity index is 1540. The lowest BCUT2D eigenvalue weighted by Gasteiger charge is -2.25. The van der Waals surface area contributed by atoms with Crippen molar-refractivity contribution in [2.75, 3.05) is 4.90 Å². The van der Waals surface area contributed by atoms with Crippen LogP contribution >= 0.6 is 0 Å². The standard InChI is InChI=1S/C25H12F3N3O4/c1-30-15-4-8-17(9-5-15)31(16-6-2-14(13-29)3-7-16)18-10-11-19-20(12-18)35-24(34)21(22(19)32)23(33)25(26,27)28/h2-12,32H. The van der Waals surface area contributed by atoms with Crippen molar-refractivity contribution >= 4 is 39.5 Å². The van der Waals surface area contributed by atoms with Gasteiger partial charge in [-0.1, -0.05) is 12.1 Å². The van der Waals surface area contributed by atoms with Crippen LogP contribution in [0.5, 0.6) is 5.75 Å². The molecule has 1 N–H and O–H groups in total. The molecule has 1 heterocycles. The summed E-state index contributed by atoms with van der Waals surface area (Å²) in [7, 11) is 0. The Hall–Kier alpha value is -5.09. The summed E-state index contributed by atoms with van der Waals surface area (Å²) in [6.45, 7) is 7.13. The lowest BCUT2D eigenvalue weighted by molar-refractivity contribution is -0.0888. The topological polar surface area (TPSA) is 98.9 Å². The Kier molecular flexibility index (Phi) is 5.73. The van der Waals surface area contributed by atoms with Gasteiger partial charge in [-0.3, -0.25) is 4.79 Å². The van der Waals surface area contributed by atoms with E-state index in [0.29, 0.717) is 28.3 Å². The predicted molar refractivity (Wildman–Crippen MR) is 120 cm³/mol. The highest BCUT2D eigenvalue weighted by molar-refractivity contribution is 6.06. The molecule has 10 heteroatoms. The van der Waals surface area contributed by atoms with Crippen molar-refractivity contribution in [2.24, 2.45) is 0 Å². The quantitative estimate of drug-likeness (QED) is 0.216. The van der Waals surface area contributed by atoms with Crippen LogP contribution in [0.15, 0.2) is 75.9 Å². The monoisotopic (exact) mass is 475 g/mol. The number of Topliss-reactive ketones (excluding diaryl/α,β-unsaturated/α-hetero) is 1. The average Bonchev–Trinajstić information content (AvgIpc) is 2.84. The van der Waals surface area contributed by atoms with Crippen LogP contribution in [0.1, 0.15) is 15.9 Å². The Morgan fingerprint density at radius 2 is 1.57 bits per heavy atom. The van der Waals surface area contributed by atoms with E-state index in [9.17, 15) is 27.9 Å². The van der Waals surface area contributed by atoms with Gasteiger partial charge in [0.05, 0.1) is 23.6 Å². The van der Waals surface area contributed by atoms with Crippen LogP contribution in [-0.2, 0) is 0 Å². The number of fused-ring (bicyclic) bond motifs is 1.